The molecule has 0 aliphatic heterocycles. The number of carbonyl (C=O) groups is 1. The molecule has 0 saturated carbocycles. The first-order valence-electron chi connectivity index (χ1n) is 6.76. The van der Waals surface area contributed by atoms with Crippen LogP contribution in [0.15, 0.2) is 59.5 Å². The molecule has 0 radical (unpaired) electrons. The van der Waals surface area contributed by atoms with Crippen molar-refractivity contribution in [2.75, 3.05) is 6.54 Å². The Morgan fingerprint density at radius 1 is 1.09 bits per heavy atom. The molecule has 2 aromatic rings. The van der Waals surface area contributed by atoms with Crippen molar-refractivity contribution < 1.29 is 22.5 Å². The number of esters is 1. The van der Waals surface area contributed by atoms with E-state index in [2.05, 4.69) is 0 Å². The zero-order valence-electron chi connectivity index (χ0n) is 12.7. The van der Waals surface area contributed by atoms with Crippen LogP contribution in [0, 0.1) is 6.92 Å². The van der Waals surface area contributed by atoms with E-state index in [1.54, 1.807) is 12.1 Å². The van der Waals surface area contributed by atoms with Crippen molar-refractivity contribution in [3.05, 3.63) is 65.7 Å². The number of carbonyl (C=O) groups excluding carboxylic acids is 1. The van der Waals surface area contributed by atoms with E-state index in [1.807, 2.05) is 37.3 Å². The highest BCUT2D eigenvalue weighted by Crippen LogP contribution is 2.08. The van der Waals surface area contributed by atoms with Crippen LogP contribution in [0.2, 0.25) is 0 Å². The van der Waals surface area contributed by atoms with E-state index in [9.17, 15) is 13.2 Å². The molecule has 124 valence electrons. The molecule has 0 aliphatic carbocycles. The second-order valence-electron chi connectivity index (χ2n) is 4.64. The molecule has 23 heavy (non-hydrogen) atoms. The monoisotopic (exact) mass is 338 g/mol. The van der Waals surface area contributed by atoms with Crippen LogP contribution in [-0.2, 0) is 26.3 Å². The second-order valence-corrected chi connectivity index (χ2v) is 6.06. The summed E-state index contributed by atoms with van der Waals surface area (Å²) in [5, 5.41) is 0. The predicted octanol–water partition coefficient (Wildman–Crippen LogP) is 1.93. The normalized spacial score (nSPS) is 10.4. The van der Waals surface area contributed by atoms with Gasteiger partial charge in [0.1, 0.15) is 6.61 Å². The molecule has 0 saturated heterocycles. The van der Waals surface area contributed by atoms with Crippen molar-refractivity contribution in [2.24, 2.45) is 5.73 Å². The Balaban J connectivity index is 0.000000231. The Morgan fingerprint density at radius 3 is 2.13 bits per heavy atom. The first kappa shape index (κ1) is 18.8. The maximum atomic E-state index is 10.6. The number of aryl methyl sites for hydroxylation is 1. The number of benzene rings is 2. The van der Waals surface area contributed by atoms with Crippen molar-refractivity contribution in [1.29, 1.82) is 0 Å². The van der Waals surface area contributed by atoms with Crippen LogP contribution < -0.4 is 5.73 Å². The van der Waals surface area contributed by atoms with Gasteiger partial charge in [0.25, 0.3) is 10.1 Å². The van der Waals surface area contributed by atoms with Gasteiger partial charge in [0.15, 0.2) is 0 Å². The van der Waals surface area contributed by atoms with E-state index in [4.69, 9.17) is 15.0 Å². The third kappa shape index (κ3) is 7.55. The molecule has 0 spiro atoms. The van der Waals surface area contributed by atoms with Gasteiger partial charge in [-0.05, 0) is 24.6 Å². The molecule has 0 aromatic heterocycles. The fourth-order valence-corrected chi connectivity index (χ4v) is 1.99. The van der Waals surface area contributed by atoms with Crippen LogP contribution in [0.1, 0.15) is 11.1 Å². The van der Waals surface area contributed by atoms with Crippen molar-refractivity contribution >= 4 is 16.1 Å². The predicted molar refractivity (Wildman–Crippen MR) is 86.3 cm³/mol. The summed E-state index contributed by atoms with van der Waals surface area (Å²) in [6.07, 6.45) is 0. The third-order valence-electron chi connectivity index (χ3n) is 2.73. The smallest absolute Gasteiger partial charge is 0.320 e. The summed E-state index contributed by atoms with van der Waals surface area (Å²) in [5.41, 5.74) is 6.99. The lowest BCUT2D eigenvalue weighted by Crippen LogP contribution is -2.16. The quantitative estimate of drug-likeness (QED) is 0.501. The van der Waals surface area contributed by atoms with Crippen molar-refractivity contribution in [1.82, 2.24) is 0 Å². The zero-order chi connectivity index (χ0) is 17.3. The van der Waals surface area contributed by atoms with E-state index in [0.717, 1.165) is 11.1 Å². The highest BCUT2D eigenvalue weighted by atomic mass is 32.2. The molecule has 2 rings (SSSR count). The molecule has 0 unspecified atom stereocenters. The van der Waals surface area contributed by atoms with E-state index >= 15 is 0 Å². The van der Waals surface area contributed by atoms with Crippen LogP contribution in [0.5, 0.6) is 0 Å². The number of hydrogen-bond donors (Lipinski definition) is 2. The maximum Gasteiger partial charge on any atom is 0.320 e. The third-order valence-corrected chi connectivity index (χ3v) is 3.60. The first-order chi connectivity index (χ1) is 10.8. The largest absolute Gasteiger partial charge is 0.460 e. The van der Waals surface area contributed by atoms with Crippen LogP contribution in [0.4, 0.5) is 0 Å². The molecular formula is C16H19NO5S. The van der Waals surface area contributed by atoms with Gasteiger partial charge in [0.2, 0.25) is 0 Å². The standard InChI is InChI=1S/C9H11NO2.C7H8O3S/c10-6-9(11)12-7-8-4-2-1-3-5-8;1-6-2-4-7(5-3-6)11(8,9)10/h1-5H,6-7,10H2;2-5H,1H3,(H,8,9,10)/i6+1;. The van der Waals surface area contributed by atoms with Crippen LogP contribution in [0.3, 0.4) is 0 Å². The van der Waals surface area contributed by atoms with Gasteiger partial charge in [-0.15, -0.1) is 0 Å². The minimum atomic E-state index is -4.02. The fraction of sp³-hybridized carbons (Fsp3) is 0.188. The highest BCUT2D eigenvalue weighted by molar-refractivity contribution is 7.85. The van der Waals surface area contributed by atoms with E-state index in [1.165, 1.54) is 12.1 Å². The van der Waals surface area contributed by atoms with Gasteiger partial charge in [-0.2, -0.15) is 8.42 Å². The number of hydrogen-bond acceptors (Lipinski definition) is 5. The zero-order valence-corrected chi connectivity index (χ0v) is 13.5. The van der Waals surface area contributed by atoms with Crippen molar-refractivity contribution in [3.8, 4) is 0 Å². The van der Waals surface area contributed by atoms with Crippen molar-refractivity contribution in [3.63, 3.8) is 0 Å². The summed E-state index contributed by atoms with van der Waals surface area (Å²) in [4.78, 5) is 10.6. The minimum Gasteiger partial charge on any atom is -0.460 e. The summed E-state index contributed by atoms with van der Waals surface area (Å²) in [5.74, 6) is -0.376. The molecule has 3 N–H and O–H groups in total. The Morgan fingerprint density at radius 2 is 1.65 bits per heavy atom. The second kappa shape index (κ2) is 9.04. The van der Waals surface area contributed by atoms with Gasteiger partial charge in [-0.3, -0.25) is 9.35 Å². The molecule has 0 aliphatic rings. The first-order valence-corrected chi connectivity index (χ1v) is 8.20. The molecule has 0 heterocycles. The summed E-state index contributed by atoms with van der Waals surface area (Å²) >= 11 is 0. The van der Waals surface area contributed by atoms with Gasteiger partial charge in [0, 0.05) is 0 Å². The summed E-state index contributed by atoms with van der Waals surface area (Å²) in [6.45, 7) is 2.08. The molecular weight excluding hydrogens is 319 g/mol. The fourth-order valence-electron chi connectivity index (χ4n) is 1.51. The Bertz CT molecular complexity index is 712. The van der Waals surface area contributed by atoms with Crippen molar-refractivity contribution in [2.45, 2.75) is 18.4 Å². The average molecular weight is 338 g/mol. The summed E-state index contributed by atoms with van der Waals surface area (Å²) in [6, 6.07) is 15.5. The minimum absolute atomic E-state index is 0.0627. The van der Waals surface area contributed by atoms with Crippen LogP contribution in [-0.4, -0.2) is 25.5 Å². The Labute approximate surface area is 135 Å². The van der Waals surface area contributed by atoms with E-state index in [0.29, 0.717) is 6.61 Å². The Kier molecular flexibility index (Phi) is 7.40. The summed E-state index contributed by atoms with van der Waals surface area (Å²) in [7, 11) is -4.02. The van der Waals surface area contributed by atoms with Gasteiger partial charge in [0.05, 0.1) is 11.4 Å². The van der Waals surface area contributed by atoms with Crippen LogP contribution >= 0.6 is 0 Å². The average Bonchev–Trinajstić information content (AvgIpc) is 2.53. The van der Waals surface area contributed by atoms with Gasteiger partial charge in [-0.1, -0.05) is 48.0 Å². The molecule has 7 heteroatoms. The molecule has 6 nitrogen and oxygen atoms in total. The molecule has 0 amide bonds. The topological polar surface area (TPSA) is 107 Å². The Hall–Kier alpha value is -2.22. The summed E-state index contributed by atoms with van der Waals surface area (Å²) < 4.78 is 34.4. The van der Waals surface area contributed by atoms with Gasteiger partial charge >= 0.3 is 5.97 Å². The number of ether oxygens (including phenoxy) is 1. The van der Waals surface area contributed by atoms with Gasteiger partial charge < -0.3 is 10.5 Å². The highest BCUT2D eigenvalue weighted by Gasteiger charge is 2.06. The SMILES string of the molecule is Cc1ccc(S(=O)(=O)O)cc1.N[13CH2]C(=O)OCc1ccccc1. The lowest BCUT2D eigenvalue weighted by Gasteiger charge is -2.01. The lowest BCUT2D eigenvalue weighted by molar-refractivity contribution is -0.143. The lowest BCUT2D eigenvalue weighted by atomic mass is 10.2. The molecule has 2 aromatic carbocycles. The van der Waals surface area contributed by atoms with Gasteiger partial charge in [-0.25, -0.2) is 0 Å². The molecule has 0 atom stereocenters. The van der Waals surface area contributed by atoms with E-state index < -0.39 is 10.1 Å². The van der Waals surface area contributed by atoms with Crippen LogP contribution in [0.25, 0.3) is 0 Å². The number of rotatable bonds is 4. The molecule has 0 fully saturated rings. The molecule has 0 bridgehead atoms. The number of nitrogens with two attached hydrogens (primary N) is 1. The van der Waals surface area contributed by atoms with E-state index in [-0.39, 0.29) is 17.4 Å². The maximum absolute atomic E-state index is 10.6.